The molecule has 2 aromatic rings. The van der Waals surface area contributed by atoms with Gasteiger partial charge in [-0.25, -0.2) is 8.78 Å². The van der Waals surface area contributed by atoms with Gasteiger partial charge in [-0.05, 0) is 24.3 Å². The quantitative estimate of drug-likeness (QED) is 0.668. The van der Waals surface area contributed by atoms with Crippen molar-refractivity contribution in [1.29, 1.82) is 0 Å². The molecule has 4 heteroatoms. The molecule has 0 aromatic heterocycles. The zero-order valence-electron chi connectivity index (χ0n) is 8.27. The van der Waals surface area contributed by atoms with E-state index in [-0.39, 0.29) is 11.6 Å². The third-order valence-corrected chi connectivity index (χ3v) is 1.90. The van der Waals surface area contributed by atoms with Crippen molar-refractivity contribution in [3.63, 3.8) is 0 Å². The standard InChI is InChI=1S/C12H8F2N2/c13-9-3-1-5-11(7-9)15-16-12-6-2-4-10(14)8-12/h1-8H. The van der Waals surface area contributed by atoms with Gasteiger partial charge in [0.05, 0.1) is 11.4 Å². The predicted octanol–water partition coefficient (Wildman–Crippen LogP) is 4.38. The molecular formula is C12H8F2N2. The van der Waals surface area contributed by atoms with Crippen molar-refractivity contribution in [2.24, 2.45) is 10.2 Å². The molecule has 0 saturated heterocycles. The number of hydrogen-bond acceptors (Lipinski definition) is 2. The van der Waals surface area contributed by atoms with Gasteiger partial charge < -0.3 is 0 Å². The van der Waals surface area contributed by atoms with Gasteiger partial charge in [0.1, 0.15) is 11.6 Å². The lowest BCUT2D eigenvalue weighted by Crippen LogP contribution is -1.71. The summed E-state index contributed by atoms with van der Waals surface area (Å²) in [5.74, 6) is -0.758. The van der Waals surface area contributed by atoms with Crippen molar-refractivity contribution in [2.45, 2.75) is 0 Å². The molecule has 80 valence electrons. The maximum absolute atomic E-state index is 12.8. The summed E-state index contributed by atoms with van der Waals surface area (Å²) in [7, 11) is 0. The third-order valence-electron chi connectivity index (χ3n) is 1.90. The summed E-state index contributed by atoms with van der Waals surface area (Å²) in [5.41, 5.74) is 0.786. The van der Waals surface area contributed by atoms with Crippen LogP contribution in [0.3, 0.4) is 0 Å². The highest BCUT2D eigenvalue weighted by Crippen LogP contribution is 2.19. The molecule has 0 saturated carbocycles. The Labute approximate surface area is 91.3 Å². The fourth-order valence-electron chi connectivity index (χ4n) is 1.19. The average Bonchev–Trinajstić information content (AvgIpc) is 2.27. The molecule has 0 amide bonds. The van der Waals surface area contributed by atoms with Crippen LogP contribution in [0.1, 0.15) is 0 Å². The highest BCUT2D eigenvalue weighted by molar-refractivity contribution is 5.39. The lowest BCUT2D eigenvalue weighted by atomic mass is 10.3. The number of nitrogens with zero attached hydrogens (tertiary/aromatic N) is 2. The van der Waals surface area contributed by atoms with Gasteiger partial charge in [0.25, 0.3) is 0 Å². The van der Waals surface area contributed by atoms with Crippen LogP contribution in [0.4, 0.5) is 20.2 Å². The Kier molecular flexibility index (Phi) is 3.00. The van der Waals surface area contributed by atoms with Crippen molar-refractivity contribution in [2.75, 3.05) is 0 Å². The monoisotopic (exact) mass is 218 g/mol. The highest BCUT2D eigenvalue weighted by atomic mass is 19.1. The van der Waals surface area contributed by atoms with Crippen LogP contribution < -0.4 is 0 Å². The van der Waals surface area contributed by atoms with E-state index >= 15 is 0 Å². The summed E-state index contributed by atoms with van der Waals surface area (Å²) < 4.78 is 25.6. The lowest BCUT2D eigenvalue weighted by molar-refractivity contribution is 0.627. The first-order chi connectivity index (χ1) is 7.74. The molecule has 2 aromatic carbocycles. The molecule has 0 aliphatic carbocycles. The maximum atomic E-state index is 12.8. The fraction of sp³-hybridized carbons (Fsp3) is 0. The molecule has 0 unspecified atom stereocenters. The summed E-state index contributed by atoms with van der Waals surface area (Å²) in [6, 6.07) is 11.5. The maximum Gasteiger partial charge on any atom is 0.125 e. The van der Waals surface area contributed by atoms with Crippen LogP contribution in [0.5, 0.6) is 0 Å². The zero-order valence-corrected chi connectivity index (χ0v) is 8.27. The summed E-state index contributed by atoms with van der Waals surface area (Å²) in [6.07, 6.45) is 0. The molecule has 2 nitrogen and oxygen atoms in total. The van der Waals surface area contributed by atoms with Crippen LogP contribution in [0, 0.1) is 11.6 Å². The molecule has 0 heterocycles. The minimum absolute atomic E-state index is 0.379. The zero-order chi connectivity index (χ0) is 11.4. The van der Waals surface area contributed by atoms with E-state index in [0.717, 1.165) is 0 Å². The molecule has 0 bridgehead atoms. The van der Waals surface area contributed by atoms with Crippen LogP contribution in [-0.4, -0.2) is 0 Å². The van der Waals surface area contributed by atoms with Crippen molar-refractivity contribution in [1.82, 2.24) is 0 Å². The third kappa shape index (κ3) is 2.70. The van der Waals surface area contributed by atoms with Crippen LogP contribution in [-0.2, 0) is 0 Å². The lowest BCUT2D eigenvalue weighted by Gasteiger charge is -1.93. The van der Waals surface area contributed by atoms with Crippen molar-refractivity contribution in [3.05, 3.63) is 60.2 Å². The SMILES string of the molecule is Fc1cccc(N=Nc2cccc(F)c2)c1. The first-order valence-electron chi connectivity index (χ1n) is 4.67. The molecular weight excluding hydrogens is 210 g/mol. The number of rotatable bonds is 2. The number of hydrogen-bond donors (Lipinski definition) is 0. The van der Waals surface area contributed by atoms with Crippen LogP contribution in [0.2, 0.25) is 0 Å². The minimum atomic E-state index is -0.379. The van der Waals surface area contributed by atoms with Crippen LogP contribution in [0.15, 0.2) is 58.8 Å². The van der Waals surface area contributed by atoms with Gasteiger partial charge in [0.15, 0.2) is 0 Å². The van der Waals surface area contributed by atoms with Crippen molar-refractivity contribution < 1.29 is 8.78 Å². The Balaban J connectivity index is 2.21. The van der Waals surface area contributed by atoms with Gasteiger partial charge in [0.2, 0.25) is 0 Å². The molecule has 0 fully saturated rings. The summed E-state index contributed by atoms with van der Waals surface area (Å²) in [4.78, 5) is 0. The van der Waals surface area contributed by atoms with Gasteiger partial charge in [-0.1, -0.05) is 12.1 Å². The Morgan fingerprint density at radius 3 is 1.50 bits per heavy atom. The Morgan fingerprint density at radius 1 is 0.688 bits per heavy atom. The van der Waals surface area contributed by atoms with E-state index in [9.17, 15) is 8.78 Å². The predicted molar refractivity (Wildman–Crippen MR) is 57.0 cm³/mol. The average molecular weight is 218 g/mol. The Hall–Kier alpha value is -2.10. The largest absolute Gasteiger partial charge is 0.207 e. The topological polar surface area (TPSA) is 24.7 Å². The van der Waals surface area contributed by atoms with E-state index in [4.69, 9.17) is 0 Å². The summed E-state index contributed by atoms with van der Waals surface area (Å²) >= 11 is 0. The minimum Gasteiger partial charge on any atom is -0.207 e. The van der Waals surface area contributed by atoms with E-state index < -0.39 is 0 Å². The number of azo groups is 1. The Bertz CT molecular complexity index is 476. The smallest absolute Gasteiger partial charge is 0.125 e. The molecule has 2 rings (SSSR count). The summed E-state index contributed by atoms with van der Waals surface area (Å²) in [5, 5.41) is 7.59. The van der Waals surface area contributed by atoms with Gasteiger partial charge in [-0.15, -0.1) is 0 Å². The van der Waals surface area contributed by atoms with E-state index in [2.05, 4.69) is 10.2 Å². The van der Waals surface area contributed by atoms with Crippen LogP contribution in [0.25, 0.3) is 0 Å². The molecule has 0 aliphatic rings. The summed E-state index contributed by atoms with van der Waals surface area (Å²) in [6.45, 7) is 0. The molecule has 0 N–H and O–H groups in total. The van der Waals surface area contributed by atoms with Gasteiger partial charge >= 0.3 is 0 Å². The highest BCUT2D eigenvalue weighted by Gasteiger charge is 1.94. The van der Waals surface area contributed by atoms with E-state index in [0.29, 0.717) is 11.4 Å². The van der Waals surface area contributed by atoms with Gasteiger partial charge in [0, 0.05) is 12.1 Å². The molecule has 0 spiro atoms. The first kappa shape index (κ1) is 10.4. The van der Waals surface area contributed by atoms with Crippen LogP contribution >= 0.6 is 0 Å². The molecule has 16 heavy (non-hydrogen) atoms. The van der Waals surface area contributed by atoms with E-state index in [1.165, 1.54) is 36.4 Å². The van der Waals surface area contributed by atoms with Gasteiger partial charge in [-0.2, -0.15) is 10.2 Å². The van der Waals surface area contributed by atoms with E-state index in [1.54, 1.807) is 12.1 Å². The molecule has 0 atom stereocenters. The first-order valence-corrected chi connectivity index (χ1v) is 4.67. The molecule has 0 aliphatic heterocycles. The van der Waals surface area contributed by atoms with E-state index in [1.807, 2.05) is 0 Å². The second-order valence-electron chi connectivity index (χ2n) is 3.16. The van der Waals surface area contributed by atoms with Gasteiger partial charge in [-0.3, -0.25) is 0 Å². The van der Waals surface area contributed by atoms with Crippen molar-refractivity contribution in [3.8, 4) is 0 Å². The number of benzene rings is 2. The second kappa shape index (κ2) is 4.61. The second-order valence-corrected chi connectivity index (χ2v) is 3.16. The number of halogens is 2. The normalized spacial score (nSPS) is 10.9. The van der Waals surface area contributed by atoms with Crippen molar-refractivity contribution >= 4 is 11.4 Å². The fourth-order valence-corrected chi connectivity index (χ4v) is 1.19. The molecule has 0 radical (unpaired) electrons. The Morgan fingerprint density at radius 2 is 1.12 bits per heavy atom.